The first-order chi connectivity index (χ1) is 17.1. The number of nitrogens with zero attached hydrogens (tertiary/aromatic N) is 3. The Labute approximate surface area is 206 Å². The van der Waals surface area contributed by atoms with Gasteiger partial charge in [-0.3, -0.25) is 4.98 Å². The second-order valence-electron chi connectivity index (χ2n) is 8.10. The average molecular weight is 480 g/mol. The highest BCUT2D eigenvalue weighted by atomic mass is 32.1. The minimum absolute atomic E-state index is 0.331. The fraction of sp³-hybridized carbons (Fsp3) is 0.107. The van der Waals surface area contributed by atoms with Gasteiger partial charge in [0.05, 0.1) is 27.6 Å². The van der Waals surface area contributed by atoms with E-state index in [4.69, 9.17) is 21.4 Å². The molecule has 7 heteroatoms. The van der Waals surface area contributed by atoms with E-state index in [9.17, 15) is 4.39 Å². The third-order valence-corrected chi connectivity index (χ3v) is 6.67. The summed E-state index contributed by atoms with van der Waals surface area (Å²) in [6.45, 7) is 0. The van der Waals surface area contributed by atoms with E-state index in [0.717, 1.165) is 15.8 Å². The van der Waals surface area contributed by atoms with Crippen molar-refractivity contribution in [2.24, 2.45) is 11.5 Å². The van der Waals surface area contributed by atoms with Gasteiger partial charge in [0.2, 0.25) is 0 Å². The van der Waals surface area contributed by atoms with Crippen LogP contribution in [0.3, 0.4) is 0 Å². The Kier molecular flexibility index (Phi) is 6.59. The zero-order valence-electron chi connectivity index (χ0n) is 18.7. The van der Waals surface area contributed by atoms with E-state index in [-0.39, 0.29) is 11.9 Å². The van der Waals surface area contributed by atoms with Gasteiger partial charge in [-0.15, -0.1) is 11.3 Å². The zero-order chi connectivity index (χ0) is 24.2. The molecule has 2 aromatic carbocycles. The molecular weight excluding hydrogens is 457 g/mol. The van der Waals surface area contributed by atoms with Gasteiger partial charge in [-0.25, -0.2) is 14.4 Å². The van der Waals surface area contributed by atoms with E-state index in [1.54, 1.807) is 30.6 Å². The molecule has 0 radical (unpaired) electrons. The highest BCUT2D eigenvalue weighted by Gasteiger charge is 2.23. The van der Waals surface area contributed by atoms with Crippen LogP contribution >= 0.6 is 11.3 Å². The van der Waals surface area contributed by atoms with E-state index in [1.165, 1.54) is 17.4 Å². The number of fused-ring (bicyclic) bond motifs is 1. The molecular formula is C28H22FN5S. The van der Waals surface area contributed by atoms with Crippen molar-refractivity contribution in [3.63, 3.8) is 0 Å². The minimum Gasteiger partial charge on any atom is -0.326 e. The first-order valence-corrected chi connectivity index (χ1v) is 12.0. The van der Waals surface area contributed by atoms with E-state index in [1.807, 2.05) is 47.8 Å². The first kappa shape index (κ1) is 22.8. The van der Waals surface area contributed by atoms with Crippen molar-refractivity contribution >= 4 is 21.6 Å². The second-order valence-corrected chi connectivity index (χ2v) is 8.98. The molecule has 0 saturated heterocycles. The number of aromatic nitrogens is 3. The van der Waals surface area contributed by atoms with Crippen molar-refractivity contribution in [2.75, 3.05) is 0 Å². The molecule has 0 saturated carbocycles. The monoisotopic (exact) mass is 479 g/mol. The van der Waals surface area contributed by atoms with Gasteiger partial charge < -0.3 is 11.5 Å². The molecule has 0 bridgehead atoms. The third-order valence-electron chi connectivity index (χ3n) is 5.68. The molecule has 0 aliphatic carbocycles. The van der Waals surface area contributed by atoms with Crippen LogP contribution < -0.4 is 11.5 Å². The van der Waals surface area contributed by atoms with Crippen molar-refractivity contribution in [3.05, 3.63) is 113 Å². The largest absolute Gasteiger partial charge is 0.326 e. The molecule has 5 aromatic rings. The third kappa shape index (κ3) is 4.96. The number of nitrogens with two attached hydrogens (primary N) is 2. The molecule has 35 heavy (non-hydrogen) atoms. The van der Waals surface area contributed by atoms with Gasteiger partial charge in [0, 0.05) is 29.4 Å². The smallest absolute Gasteiger partial charge is 0.160 e. The fourth-order valence-electron chi connectivity index (χ4n) is 3.80. The molecule has 172 valence electrons. The number of hydrogen-bond acceptors (Lipinski definition) is 6. The number of benzene rings is 2. The molecule has 4 N–H and O–H groups in total. The van der Waals surface area contributed by atoms with Gasteiger partial charge in [-0.2, -0.15) is 0 Å². The summed E-state index contributed by atoms with van der Waals surface area (Å²) < 4.78 is 14.9. The Morgan fingerprint density at radius 1 is 0.857 bits per heavy atom. The molecule has 0 aliphatic rings. The number of rotatable bonds is 5. The minimum atomic E-state index is -0.521. The van der Waals surface area contributed by atoms with Gasteiger partial charge in [-0.1, -0.05) is 54.3 Å². The van der Waals surface area contributed by atoms with Crippen molar-refractivity contribution in [1.82, 2.24) is 15.0 Å². The first-order valence-electron chi connectivity index (χ1n) is 11.1. The summed E-state index contributed by atoms with van der Waals surface area (Å²) in [6.07, 6.45) is 4.00. The van der Waals surface area contributed by atoms with Gasteiger partial charge >= 0.3 is 0 Å². The Hall–Kier alpha value is -3.96. The van der Waals surface area contributed by atoms with E-state index >= 15 is 0 Å². The maximum absolute atomic E-state index is 14.1. The summed E-state index contributed by atoms with van der Waals surface area (Å²) in [5.41, 5.74) is 17.5. The molecule has 0 amide bonds. The van der Waals surface area contributed by atoms with Crippen LogP contribution in [0.4, 0.5) is 4.39 Å². The Morgan fingerprint density at radius 2 is 1.57 bits per heavy atom. The molecule has 2 unspecified atom stereocenters. The topological polar surface area (TPSA) is 90.7 Å². The van der Waals surface area contributed by atoms with Gasteiger partial charge in [0.15, 0.2) is 5.82 Å². The van der Waals surface area contributed by atoms with E-state index in [2.05, 4.69) is 16.8 Å². The zero-order valence-corrected chi connectivity index (χ0v) is 19.5. The summed E-state index contributed by atoms with van der Waals surface area (Å²) in [5.74, 6) is 6.17. The van der Waals surface area contributed by atoms with Crippen LogP contribution in [0, 0.1) is 17.7 Å². The molecule has 0 spiro atoms. The summed E-state index contributed by atoms with van der Waals surface area (Å²) in [6, 6.07) is 19.3. The molecule has 5 nitrogen and oxygen atoms in total. The van der Waals surface area contributed by atoms with Crippen LogP contribution in [-0.2, 0) is 6.42 Å². The Balaban J connectivity index is 1.60. The van der Waals surface area contributed by atoms with Crippen LogP contribution in [0.15, 0.2) is 84.5 Å². The maximum atomic E-state index is 14.1. The van der Waals surface area contributed by atoms with E-state index in [0.29, 0.717) is 34.6 Å². The number of pyridine rings is 1. The van der Waals surface area contributed by atoms with Crippen LogP contribution in [0.1, 0.15) is 28.4 Å². The second kappa shape index (κ2) is 10.1. The van der Waals surface area contributed by atoms with Crippen molar-refractivity contribution in [3.8, 4) is 23.2 Å². The highest BCUT2D eigenvalue weighted by Crippen LogP contribution is 2.32. The summed E-state index contributed by atoms with van der Waals surface area (Å²) in [7, 11) is 0. The SMILES string of the molecule is NC(Cc1ccccc1)C(N)c1nc(-c2ccncc2)nc2c(C#Cc3ccccc3F)csc12. The quantitative estimate of drug-likeness (QED) is 0.351. The van der Waals surface area contributed by atoms with Crippen molar-refractivity contribution in [2.45, 2.75) is 18.5 Å². The maximum Gasteiger partial charge on any atom is 0.160 e. The lowest BCUT2D eigenvalue weighted by Gasteiger charge is -2.20. The summed E-state index contributed by atoms with van der Waals surface area (Å²) in [4.78, 5) is 13.7. The lowest BCUT2D eigenvalue weighted by molar-refractivity contribution is 0.537. The van der Waals surface area contributed by atoms with Crippen molar-refractivity contribution < 1.29 is 4.39 Å². The summed E-state index contributed by atoms with van der Waals surface area (Å²) >= 11 is 1.47. The number of thiophene rings is 1. The fourth-order valence-corrected chi connectivity index (χ4v) is 4.77. The predicted molar refractivity (Wildman–Crippen MR) is 138 cm³/mol. The van der Waals surface area contributed by atoms with Gasteiger partial charge in [-0.05, 0) is 36.2 Å². The predicted octanol–water partition coefficient (Wildman–Crippen LogP) is 4.86. The van der Waals surface area contributed by atoms with Gasteiger partial charge in [0.25, 0.3) is 0 Å². The normalized spacial score (nSPS) is 12.7. The molecule has 3 heterocycles. The van der Waals surface area contributed by atoms with Gasteiger partial charge in [0.1, 0.15) is 11.3 Å². The average Bonchev–Trinajstić information content (AvgIpc) is 3.31. The molecule has 0 fully saturated rings. The molecule has 5 rings (SSSR count). The standard InChI is InChI=1S/C28H22FN5S/c29-22-9-5-4-8-19(22)10-11-21-17-35-27-25(21)33-28(20-12-14-32-15-13-20)34-26(27)24(31)23(30)16-18-6-2-1-3-7-18/h1-9,12-15,17,23-24H,16,30-31H2. The highest BCUT2D eigenvalue weighted by molar-refractivity contribution is 7.17. The van der Waals surface area contributed by atoms with Crippen LogP contribution in [-0.4, -0.2) is 21.0 Å². The molecule has 0 aliphatic heterocycles. The Morgan fingerprint density at radius 3 is 2.34 bits per heavy atom. The number of halogens is 1. The lowest BCUT2D eigenvalue weighted by Crippen LogP contribution is -2.36. The van der Waals surface area contributed by atoms with Crippen molar-refractivity contribution in [1.29, 1.82) is 0 Å². The molecule has 3 aromatic heterocycles. The van der Waals surface area contributed by atoms with E-state index < -0.39 is 6.04 Å². The summed E-state index contributed by atoms with van der Waals surface area (Å²) in [5, 5.41) is 1.91. The van der Waals surface area contributed by atoms with Crippen LogP contribution in [0.25, 0.3) is 21.6 Å². The number of hydrogen-bond donors (Lipinski definition) is 2. The van der Waals surface area contributed by atoms with Crippen LogP contribution in [0.5, 0.6) is 0 Å². The van der Waals surface area contributed by atoms with Crippen LogP contribution in [0.2, 0.25) is 0 Å². The molecule has 2 atom stereocenters. The lowest BCUT2D eigenvalue weighted by atomic mass is 9.98. The Bertz CT molecular complexity index is 1520.